The Hall–Kier alpha value is -2.06. The normalized spacial score (nSPS) is 10.2. The van der Waals surface area contributed by atoms with Crippen LogP contribution in [-0.4, -0.2) is 11.7 Å². The third-order valence-electron chi connectivity index (χ3n) is 3.10. The van der Waals surface area contributed by atoms with Gasteiger partial charge in [-0.2, -0.15) is 5.26 Å². The number of nitrogens with zero attached hydrogens (tertiary/aromatic N) is 2. The molecule has 2 rings (SSSR count). The van der Waals surface area contributed by atoms with E-state index in [2.05, 4.69) is 6.07 Å². The molecule has 19 heavy (non-hydrogen) atoms. The highest BCUT2D eigenvalue weighted by Gasteiger charge is 2.09. The maximum absolute atomic E-state index is 11.8. The Labute approximate surface area is 115 Å². The van der Waals surface area contributed by atoms with Crippen molar-refractivity contribution in [1.82, 2.24) is 4.57 Å². The molecule has 0 fully saturated rings. The van der Waals surface area contributed by atoms with Crippen molar-refractivity contribution in [2.45, 2.75) is 20.4 Å². The van der Waals surface area contributed by atoms with Crippen molar-refractivity contribution in [3.63, 3.8) is 0 Å². The van der Waals surface area contributed by atoms with Gasteiger partial charge in [0.1, 0.15) is 11.8 Å². The first-order valence-corrected chi connectivity index (χ1v) is 6.62. The fourth-order valence-electron chi connectivity index (χ4n) is 1.89. The number of hydrogen-bond donors (Lipinski definition) is 0. The molecule has 98 valence electrons. The summed E-state index contributed by atoms with van der Waals surface area (Å²) in [7, 11) is 1.53. The van der Waals surface area contributed by atoms with Gasteiger partial charge in [-0.1, -0.05) is 17.4 Å². The van der Waals surface area contributed by atoms with E-state index in [4.69, 9.17) is 10.00 Å². The average Bonchev–Trinajstić information content (AvgIpc) is 2.65. The molecule has 0 aliphatic rings. The summed E-state index contributed by atoms with van der Waals surface area (Å²) in [5.74, 6) is 0.553. The lowest BCUT2D eigenvalue weighted by Crippen LogP contribution is -2.15. The average molecular weight is 274 g/mol. The Morgan fingerprint density at radius 3 is 2.68 bits per heavy atom. The Morgan fingerprint density at radius 1 is 1.42 bits per heavy atom. The molecular formula is C14H14N2O2S. The minimum absolute atomic E-state index is 0.0318. The topological polar surface area (TPSA) is 55.0 Å². The Bertz CT molecular complexity index is 707. The zero-order valence-electron chi connectivity index (χ0n) is 11.1. The molecule has 1 heterocycles. The van der Waals surface area contributed by atoms with Crippen LogP contribution in [-0.2, 0) is 6.54 Å². The molecule has 0 amide bonds. The molecule has 0 saturated heterocycles. The SMILES string of the molecule is COc1ccc(Cn2c(C)c(C)sc2=O)cc1C#N. The largest absolute Gasteiger partial charge is 0.495 e. The summed E-state index contributed by atoms with van der Waals surface area (Å²) < 4.78 is 6.83. The number of ether oxygens (including phenoxy) is 1. The van der Waals surface area contributed by atoms with E-state index in [0.29, 0.717) is 17.9 Å². The molecular weight excluding hydrogens is 260 g/mol. The van der Waals surface area contributed by atoms with E-state index >= 15 is 0 Å². The van der Waals surface area contributed by atoms with E-state index in [9.17, 15) is 4.79 Å². The Balaban J connectivity index is 2.39. The predicted octanol–water partition coefficient (Wildman–Crippen LogP) is 2.46. The van der Waals surface area contributed by atoms with Gasteiger partial charge in [0.05, 0.1) is 19.2 Å². The number of methoxy groups -OCH3 is 1. The fraction of sp³-hybridized carbons (Fsp3) is 0.286. The number of aromatic nitrogens is 1. The van der Waals surface area contributed by atoms with Crippen LogP contribution in [0.5, 0.6) is 5.75 Å². The van der Waals surface area contributed by atoms with Crippen LogP contribution >= 0.6 is 11.3 Å². The maximum Gasteiger partial charge on any atom is 0.307 e. The van der Waals surface area contributed by atoms with E-state index < -0.39 is 0 Å². The highest BCUT2D eigenvalue weighted by atomic mass is 32.1. The molecule has 0 bridgehead atoms. The van der Waals surface area contributed by atoms with Gasteiger partial charge < -0.3 is 4.74 Å². The summed E-state index contributed by atoms with van der Waals surface area (Å²) in [5.41, 5.74) is 2.38. The Kier molecular flexibility index (Phi) is 3.72. The van der Waals surface area contributed by atoms with Crippen molar-refractivity contribution in [3.05, 3.63) is 49.6 Å². The van der Waals surface area contributed by atoms with Gasteiger partial charge >= 0.3 is 4.87 Å². The van der Waals surface area contributed by atoms with Gasteiger partial charge in [0, 0.05) is 10.6 Å². The van der Waals surface area contributed by atoms with Gasteiger partial charge in [-0.3, -0.25) is 9.36 Å². The molecule has 1 aromatic heterocycles. The first-order chi connectivity index (χ1) is 9.06. The second-order valence-corrected chi connectivity index (χ2v) is 5.41. The van der Waals surface area contributed by atoms with Crippen LogP contribution in [0.25, 0.3) is 0 Å². The first-order valence-electron chi connectivity index (χ1n) is 5.80. The molecule has 0 saturated carbocycles. The third-order valence-corrected chi connectivity index (χ3v) is 4.10. The number of thiazole rings is 1. The molecule has 2 aromatic rings. The van der Waals surface area contributed by atoms with Gasteiger partial charge in [-0.05, 0) is 31.5 Å². The van der Waals surface area contributed by atoms with Gasteiger partial charge in [-0.15, -0.1) is 0 Å². The summed E-state index contributed by atoms with van der Waals surface area (Å²) in [5, 5.41) is 9.06. The van der Waals surface area contributed by atoms with Gasteiger partial charge in [0.25, 0.3) is 0 Å². The van der Waals surface area contributed by atoms with Crippen LogP contribution in [0.15, 0.2) is 23.0 Å². The quantitative estimate of drug-likeness (QED) is 0.864. The lowest BCUT2D eigenvalue weighted by molar-refractivity contribution is 0.413. The van der Waals surface area contributed by atoms with Gasteiger partial charge in [-0.25, -0.2) is 0 Å². The van der Waals surface area contributed by atoms with Crippen LogP contribution in [0.1, 0.15) is 21.7 Å². The second kappa shape index (κ2) is 5.29. The van der Waals surface area contributed by atoms with Crippen molar-refractivity contribution >= 4 is 11.3 Å². The summed E-state index contributed by atoms with van der Waals surface area (Å²) >= 11 is 1.25. The molecule has 0 radical (unpaired) electrons. The zero-order chi connectivity index (χ0) is 14.0. The lowest BCUT2D eigenvalue weighted by Gasteiger charge is -2.08. The predicted molar refractivity (Wildman–Crippen MR) is 74.9 cm³/mol. The number of hydrogen-bond acceptors (Lipinski definition) is 4. The summed E-state index contributed by atoms with van der Waals surface area (Å²) in [6, 6.07) is 7.49. The minimum atomic E-state index is 0.0318. The molecule has 0 aliphatic carbocycles. The van der Waals surface area contributed by atoms with Gasteiger partial charge in [0.2, 0.25) is 0 Å². The van der Waals surface area contributed by atoms with Crippen molar-refractivity contribution in [3.8, 4) is 11.8 Å². The Morgan fingerprint density at radius 2 is 2.16 bits per heavy atom. The van der Waals surface area contributed by atoms with E-state index in [-0.39, 0.29) is 4.87 Å². The minimum Gasteiger partial charge on any atom is -0.495 e. The number of rotatable bonds is 3. The monoisotopic (exact) mass is 274 g/mol. The van der Waals surface area contributed by atoms with Crippen LogP contribution < -0.4 is 9.61 Å². The molecule has 5 heteroatoms. The summed E-state index contributed by atoms with van der Waals surface area (Å²) in [4.78, 5) is 12.9. The van der Waals surface area contributed by atoms with Crippen LogP contribution in [0, 0.1) is 25.2 Å². The maximum atomic E-state index is 11.8. The summed E-state index contributed by atoms with van der Waals surface area (Å²) in [6.07, 6.45) is 0. The highest BCUT2D eigenvalue weighted by molar-refractivity contribution is 7.09. The molecule has 0 atom stereocenters. The fourth-order valence-corrected chi connectivity index (χ4v) is 2.72. The highest BCUT2D eigenvalue weighted by Crippen LogP contribution is 2.20. The number of benzene rings is 1. The lowest BCUT2D eigenvalue weighted by atomic mass is 10.1. The molecule has 4 nitrogen and oxygen atoms in total. The molecule has 0 N–H and O–H groups in total. The van der Waals surface area contributed by atoms with Crippen molar-refractivity contribution in [2.24, 2.45) is 0 Å². The van der Waals surface area contributed by atoms with Crippen LogP contribution in [0.4, 0.5) is 0 Å². The smallest absolute Gasteiger partial charge is 0.307 e. The zero-order valence-corrected chi connectivity index (χ0v) is 11.9. The van der Waals surface area contributed by atoms with E-state index in [0.717, 1.165) is 16.1 Å². The van der Waals surface area contributed by atoms with E-state index in [1.165, 1.54) is 18.4 Å². The van der Waals surface area contributed by atoms with Crippen molar-refractivity contribution in [2.75, 3.05) is 7.11 Å². The molecule has 0 aliphatic heterocycles. The van der Waals surface area contributed by atoms with Crippen molar-refractivity contribution in [1.29, 1.82) is 5.26 Å². The van der Waals surface area contributed by atoms with Crippen LogP contribution in [0.3, 0.4) is 0 Å². The van der Waals surface area contributed by atoms with E-state index in [1.54, 1.807) is 16.7 Å². The molecule has 1 aromatic carbocycles. The molecule has 0 spiro atoms. The van der Waals surface area contributed by atoms with Crippen LogP contribution in [0.2, 0.25) is 0 Å². The second-order valence-electron chi connectivity index (χ2n) is 4.24. The van der Waals surface area contributed by atoms with Crippen molar-refractivity contribution < 1.29 is 4.74 Å². The standard InChI is InChI=1S/C14H14N2O2S/c1-9-10(2)19-14(17)16(9)8-11-4-5-13(18-3)12(6-11)7-15/h4-6H,8H2,1-3H3. The number of aryl methyl sites for hydroxylation is 1. The third kappa shape index (κ3) is 2.54. The summed E-state index contributed by atoms with van der Waals surface area (Å²) in [6.45, 7) is 4.35. The van der Waals surface area contributed by atoms with Gasteiger partial charge in [0.15, 0.2) is 0 Å². The van der Waals surface area contributed by atoms with E-state index in [1.807, 2.05) is 19.9 Å². The first kappa shape index (κ1) is 13.4. The number of nitriles is 1. The molecule has 0 unspecified atom stereocenters.